The van der Waals surface area contributed by atoms with Gasteiger partial charge in [0.15, 0.2) is 5.65 Å². The number of rotatable bonds is 2. The molecule has 0 aliphatic heterocycles. The first-order chi connectivity index (χ1) is 11.6. The van der Waals surface area contributed by atoms with Gasteiger partial charge in [0.2, 0.25) is 5.95 Å². The Labute approximate surface area is 143 Å². The molecule has 3 aromatic heterocycles. The van der Waals surface area contributed by atoms with Crippen LogP contribution in [-0.2, 0) is 0 Å². The van der Waals surface area contributed by atoms with Crippen LogP contribution in [0.1, 0.15) is 5.69 Å². The SMILES string of the molecule is Cc1cc(-c2c(-c3ccccc3)nc(N)n3cnnc23)cc(Cl)n1. The first kappa shape index (κ1) is 14.6. The second-order valence-electron chi connectivity index (χ2n) is 5.40. The van der Waals surface area contributed by atoms with Crippen molar-refractivity contribution in [1.82, 2.24) is 24.6 Å². The van der Waals surface area contributed by atoms with Crippen LogP contribution in [0.5, 0.6) is 0 Å². The molecule has 6 nitrogen and oxygen atoms in total. The molecule has 7 heteroatoms. The lowest BCUT2D eigenvalue weighted by atomic mass is 10.0. The fourth-order valence-corrected chi connectivity index (χ4v) is 3.00. The van der Waals surface area contributed by atoms with E-state index in [4.69, 9.17) is 17.3 Å². The van der Waals surface area contributed by atoms with Crippen molar-refractivity contribution in [2.24, 2.45) is 0 Å². The van der Waals surface area contributed by atoms with Gasteiger partial charge >= 0.3 is 0 Å². The summed E-state index contributed by atoms with van der Waals surface area (Å²) in [5, 5.41) is 8.62. The maximum atomic E-state index is 6.16. The Bertz CT molecular complexity index is 1020. The molecule has 0 aliphatic carbocycles. The highest BCUT2D eigenvalue weighted by Crippen LogP contribution is 2.35. The van der Waals surface area contributed by atoms with Gasteiger partial charge in [-0.15, -0.1) is 10.2 Å². The molecule has 4 rings (SSSR count). The normalized spacial score (nSPS) is 11.1. The number of benzene rings is 1. The summed E-state index contributed by atoms with van der Waals surface area (Å²) in [6.07, 6.45) is 1.55. The number of nitrogens with two attached hydrogens (primary N) is 1. The van der Waals surface area contributed by atoms with Crippen molar-refractivity contribution in [2.45, 2.75) is 6.92 Å². The Kier molecular flexibility index (Phi) is 3.39. The average molecular weight is 337 g/mol. The molecule has 4 aromatic rings. The van der Waals surface area contributed by atoms with E-state index in [1.165, 1.54) is 0 Å². The Morgan fingerprint density at radius 2 is 1.83 bits per heavy atom. The van der Waals surface area contributed by atoms with Gasteiger partial charge in [-0.25, -0.2) is 9.97 Å². The highest BCUT2D eigenvalue weighted by atomic mass is 35.5. The number of nitrogens with zero attached hydrogens (tertiary/aromatic N) is 5. The Hall–Kier alpha value is -2.99. The van der Waals surface area contributed by atoms with E-state index in [1.807, 2.05) is 43.3 Å². The lowest BCUT2D eigenvalue weighted by Crippen LogP contribution is -2.04. The zero-order valence-corrected chi connectivity index (χ0v) is 13.6. The first-order valence-electron chi connectivity index (χ1n) is 7.32. The van der Waals surface area contributed by atoms with Crippen molar-refractivity contribution < 1.29 is 0 Å². The summed E-state index contributed by atoms with van der Waals surface area (Å²) < 4.78 is 1.66. The Morgan fingerprint density at radius 3 is 2.58 bits per heavy atom. The van der Waals surface area contributed by atoms with E-state index in [0.29, 0.717) is 16.7 Å². The molecule has 118 valence electrons. The summed E-state index contributed by atoms with van der Waals surface area (Å²) in [6, 6.07) is 13.6. The largest absolute Gasteiger partial charge is 0.369 e. The monoisotopic (exact) mass is 336 g/mol. The lowest BCUT2D eigenvalue weighted by molar-refractivity contribution is 1.09. The maximum absolute atomic E-state index is 6.16. The highest BCUT2D eigenvalue weighted by molar-refractivity contribution is 6.29. The summed E-state index contributed by atoms with van der Waals surface area (Å²) in [7, 11) is 0. The minimum atomic E-state index is 0.328. The number of aromatic nitrogens is 5. The minimum absolute atomic E-state index is 0.328. The van der Waals surface area contributed by atoms with Crippen LogP contribution >= 0.6 is 11.6 Å². The third-order valence-electron chi connectivity index (χ3n) is 3.74. The topological polar surface area (TPSA) is 82.0 Å². The van der Waals surface area contributed by atoms with Crippen molar-refractivity contribution in [3.63, 3.8) is 0 Å². The van der Waals surface area contributed by atoms with Crippen LogP contribution in [0.25, 0.3) is 28.0 Å². The number of nitrogen functional groups attached to an aromatic ring is 1. The quantitative estimate of drug-likeness (QED) is 0.567. The highest BCUT2D eigenvalue weighted by Gasteiger charge is 2.18. The summed E-state index contributed by atoms with van der Waals surface area (Å²) in [5.74, 6) is 0.328. The van der Waals surface area contributed by atoms with Crippen molar-refractivity contribution in [1.29, 1.82) is 0 Å². The number of hydrogen-bond donors (Lipinski definition) is 1. The van der Waals surface area contributed by atoms with Gasteiger partial charge in [-0.05, 0) is 24.6 Å². The van der Waals surface area contributed by atoms with Gasteiger partial charge in [0.25, 0.3) is 0 Å². The molecule has 0 saturated carbocycles. The van der Waals surface area contributed by atoms with Crippen molar-refractivity contribution in [3.8, 4) is 22.4 Å². The molecule has 0 spiro atoms. The van der Waals surface area contributed by atoms with Gasteiger partial charge in [0, 0.05) is 11.3 Å². The predicted octanol–water partition coefficient (Wildman–Crippen LogP) is 3.40. The number of aryl methyl sites for hydroxylation is 1. The number of fused-ring (bicyclic) bond motifs is 1. The van der Waals surface area contributed by atoms with Crippen molar-refractivity contribution in [3.05, 3.63) is 59.6 Å². The summed E-state index contributed by atoms with van der Waals surface area (Å²) >= 11 is 6.16. The minimum Gasteiger partial charge on any atom is -0.369 e. The Balaban J connectivity index is 2.12. The molecular formula is C17H13ClN6. The molecule has 0 radical (unpaired) electrons. The third-order valence-corrected chi connectivity index (χ3v) is 3.93. The van der Waals surface area contributed by atoms with Crippen LogP contribution < -0.4 is 5.73 Å². The van der Waals surface area contributed by atoms with Gasteiger partial charge in [0.1, 0.15) is 11.5 Å². The fraction of sp³-hybridized carbons (Fsp3) is 0.0588. The van der Waals surface area contributed by atoms with Crippen LogP contribution in [0.4, 0.5) is 5.95 Å². The van der Waals surface area contributed by atoms with E-state index in [1.54, 1.807) is 16.8 Å². The molecule has 3 heterocycles. The van der Waals surface area contributed by atoms with Gasteiger partial charge in [-0.3, -0.25) is 4.40 Å². The van der Waals surface area contributed by atoms with Crippen LogP contribution in [0, 0.1) is 6.92 Å². The molecule has 1 aromatic carbocycles. The third kappa shape index (κ3) is 2.37. The summed E-state index contributed by atoms with van der Waals surface area (Å²) in [6.45, 7) is 1.89. The average Bonchev–Trinajstić information content (AvgIpc) is 3.04. The second-order valence-corrected chi connectivity index (χ2v) is 5.79. The zero-order valence-electron chi connectivity index (χ0n) is 12.8. The summed E-state index contributed by atoms with van der Waals surface area (Å²) in [4.78, 5) is 8.80. The number of pyridine rings is 1. The molecule has 0 aliphatic rings. The lowest BCUT2D eigenvalue weighted by Gasteiger charge is -2.13. The molecule has 0 bridgehead atoms. The van der Waals surface area contributed by atoms with E-state index in [-0.39, 0.29) is 0 Å². The van der Waals surface area contributed by atoms with Crippen LogP contribution in [0.2, 0.25) is 5.15 Å². The molecule has 0 atom stereocenters. The maximum Gasteiger partial charge on any atom is 0.207 e. The van der Waals surface area contributed by atoms with E-state index in [0.717, 1.165) is 28.1 Å². The van der Waals surface area contributed by atoms with E-state index in [2.05, 4.69) is 20.2 Å². The van der Waals surface area contributed by atoms with E-state index in [9.17, 15) is 0 Å². The van der Waals surface area contributed by atoms with Crippen molar-refractivity contribution in [2.75, 3.05) is 5.73 Å². The number of hydrogen-bond acceptors (Lipinski definition) is 5. The van der Waals surface area contributed by atoms with E-state index < -0.39 is 0 Å². The standard InChI is InChI=1S/C17H13ClN6/c1-10-7-12(8-13(18)21-10)14-15(11-5-3-2-4-6-11)22-17(19)24-9-20-23-16(14)24/h2-9H,1H3,(H2,19,22). The Morgan fingerprint density at radius 1 is 1.04 bits per heavy atom. The van der Waals surface area contributed by atoms with Crippen molar-refractivity contribution >= 4 is 23.2 Å². The number of anilines is 1. The van der Waals surface area contributed by atoms with Gasteiger partial charge < -0.3 is 5.73 Å². The van der Waals surface area contributed by atoms with Gasteiger partial charge in [0.05, 0.1) is 11.3 Å². The van der Waals surface area contributed by atoms with E-state index >= 15 is 0 Å². The fourth-order valence-electron chi connectivity index (χ4n) is 2.75. The van der Waals surface area contributed by atoms with Gasteiger partial charge in [-0.1, -0.05) is 41.9 Å². The molecule has 24 heavy (non-hydrogen) atoms. The zero-order chi connectivity index (χ0) is 16.7. The molecule has 2 N–H and O–H groups in total. The molecule has 0 saturated heterocycles. The van der Waals surface area contributed by atoms with Crippen LogP contribution in [0.15, 0.2) is 48.8 Å². The molecule has 0 amide bonds. The molecular weight excluding hydrogens is 324 g/mol. The van der Waals surface area contributed by atoms with Gasteiger partial charge in [-0.2, -0.15) is 0 Å². The molecule has 0 unspecified atom stereocenters. The first-order valence-corrected chi connectivity index (χ1v) is 7.70. The van der Waals surface area contributed by atoms with Crippen LogP contribution in [-0.4, -0.2) is 24.6 Å². The number of halogens is 1. The van der Waals surface area contributed by atoms with Crippen LogP contribution in [0.3, 0.4) is 0 Å². The second kappa shape index (κ2) is 5.58. The summed E-state index contributed by atoms with van der Waals surface area (Å²) in [5.41, 5.74) is 10.9. The predicted molar refractivity (Wildman–Crippen MR) is 93.6 cm³/mol. The molecule has 0 fully saturated rings. The smallest absolute Gasteiger partial charge is 0.207 e.